The minimum atomic E-state index is -0.256. The predicted octanol–water partition coefficient (Wildman–Crippen LogP) is 3.04. The smallest absolute Gasteiger partial charge is 0.249 e. The topological polar surface area (TPSA) is 83.6 Å². The van der Waals surface area contributed by atoms with Crippen LogP contribution in [0, 0.1) is 11.3 Å². The lowest BCUT2D eigenvalue weighted by Gasteiger charge is -2.02. The van der Waals surface area contributed by atoms with Crippen molar-refractivity contribution in [1.29, 1.82) is 5.26 Å². The molecule has 0 radical (unpaired) electrons. The molecule has 0 unspecified atom stereocenters. The Morgan fingerprint density at radius 1 is 1.15 bits per heavy atom. The molecule has 2 aromatic heterocycles. The van der Waals surface area contributed by atoms with Crippen LogP contribution in [0.5, 0.6) is 0 Å². The molecule has 128 valence electrons. The van der Waals surface area contributed by atoms with E-state index in [0.29, 0.717) is 11.4 Å². The minimum absolute atomic E-state index is 0.256. The predicted molar refractivity (Wildman–Crippen MR) is 99.0 cm³/mol. The molecule has 1 aromatic carbocycles. The fraction of sp³-hybridized carbons (Fsp3) is 0.100. The van der Waals surface area contributed by atoms with Crippen molar-refractivity contribution in [2.75, 3.05) is 5.32 Å². The van der Waals surface area contributed by atoms with Crippen molar-refractivity contribution in [1.82, 2.24) is 14.8 Å². The normalized spacial score (nSPS) is 10.6. The van der Waals surface area contributed by atoms with Gasteiger partial charge in [-0.05, 0) is 47.9 Å². The summed E-state index contributed by atoms with van der Waals surface area (Å²) in [6.07, 6.45) is 9.35. The number of hydrogen-bond acceptors (Lipinski definition) is 4. The van der Waals surface area contributed by atoms with Gasteiger partial charge in [-0.3, -0.25) is 14.5 Å². The zero-order valence-electron chi connectivity index (χ0n) is 14.0. The van der Waals surface area contributed by atoms with Gasteiger partial charge in [0, 0.05) is 37.3 Å². The monoisotopic (exact) mass is 343 g/mol. The summed E-state index contributed by atoms with van der Waals surface area (Å²) in [5.74, 6) is 0.253. The third-order valence-electron chi connectivity index (χ3n) is 3.74. The molecule has 3 aromatic rings. The molecule has 0 fully saturated rings. The van der Waals surface area contributed by atoms with E-state index in [4.69, 9.17) is 5.26 Å². The first kappa shape index (κ1) is 17.1. The maximum atomic E-state index is 12.0. The fourth-order valence-corrected chi connectivity index (χ4v) is 2.35. The molecule has 1 N–H and O–H groups in total. The molecule has 26 heavy (non-hydrogen) atoms. The van der Waals surface area contributed by atoms with Crippen LogP contribution >= 0.6 is 0 Å². The van der Waals surface area contributed by atoms with Gasteiger partial charge in [0.2, 0.25) is 5.91 Å². The number of carbonyl (C=O) groups is 1. The number of benzene rings is 1. The molecule has 0 aliphatic carbocycles. The standard InChI is InChI=1S/C20H17N5O/c21-15-18-3-1-16(2-4-18)5-6-20(26)23-19-10-14-25(24-19)13-9-17-7-11-22-12-8-17/h1-8,10-12,14H,9,13H2,(H,23,24,26). The molecule has 0 aliphatic heterocycles. The van der Waals surface area contributed by atoms with E-state index in [1.54, 1.807) is 53.5 Å². The van der Waals surface area contributed by atoms with Crippen molar-refractivity contribution >= 4 is 17.8 Å². The summed E-state index contributed by atoms with van der Waals surface area (Å²) in [5.41, 5.74) is 2.62. The van der Waals surface area contributed by atoms with Gasteiger partial charge < -0.3 is 5.32 Å². The molecule has 6 nitrogen and oxygen atoms in total. The van der Waals surface area contributed by atoms with Crippen LogP contribution in [0.25, 0.3) is 6.08 Å². The third kappa shape index (κ3) is 4.89. The minimum Gasteiger partial charge on any atom is -0.306 e. The number of hydrogen-bond donors (Lipinski definition) is 1. The molecule has 2 heterocycles. The summed E-state index contributed by atoms with van der Waals surface area (Å²) in [4.78, 5) is 16.0. The van der Waals surface area contributed by atoms with Crippen LogP contribution < -0.4 is 5.32 Å². The van der Waals surface area contributed by atoms with Crippen LogP contribution in [0.4, 0.5) is 5.82 Å². The first-order chi connectivity index (χ1) is 12.7. The van der Waals surface area contributed by atoms with Crippen molar-refractivity contribution in [3.8, 4) is 6.07 Å². The molecule has 0 aliphatic rings. The molecule has 0 bridgehead atoms. The van der Waals surface area contributed by atoms with Crippen LogP contribution in [-0.4, -0.2) is 20.7 Å². The maximum absolute atomic E-state index is 12.0. The number of nitrogens with one attached hydrogen (secondary N) is 1. The van der Waals surface area contributed by atoms with Crippen molar-refractivity contribution in [3.05, 3.63) is 83.8 Å². The summed E-state index contributed by atoms with van der Waals surface area (Å²) >= 11 is 0. The van der Waals surface area contributed by atoms with Crippen LogP contribution in [0.15, 0.2) is 67.1 Å². The second-order valence-electron chi connectivity index (χ2n) is 5.63. The largest absolute Gasteiger partial charge is 0.306 e. The fourth-order valence-electron chi connectivity index (χ4n) is 2.35. The summed E-state index contributed by atoms with van der Waals surface area (Å²) in [5, 5.41) is 15.8. The number of aromatic nitrogens is 3. The van der Waals surface area contributed by atoms with Gasteiger partial charge in [-0.15, -0.1) is 0 Å². The van der Waals surface area contributed by atoms with Gasteiger partial charge >= 0.3 is 0 Å². The average molecular weight is 343 g/mol. The van der Waals surface area contributed by atoms with E-state index >= 15 is 0 Å². The van der Waals surface area contributed by atoms with Crippen LogP contribution in [0.3, 0.4) is 0 Å². The van der Waals surface area contributed by atoms with Crippen molar-refractivity contribution in [2.45, 2.75) is 13.0 Å². The average Bonchev–Trinajstić information content (AvgIpc) is 3.13. The highest BCUT2D eigenvalue weighted by molar-refractivity contribution is 6.01. The number of nitrogens with zero attached hydrogens (tertiary/aromatic N) is 4. The van der Waals surface area contributed by atoms with Gasteiger partial charge in [0.15, 0.2) is 5.82 Å². The SMILES string of the molecule is N#Cc1ccc(C=CC(=O)Nc2ccn(CCc3ccncc3)n2)cc1. The van der Waals surface area contributed by atoms with Crippen molar-refractivity contribution < 1.29 is 4.79 Å². The molecule has 3 rings (SSSR count). The Balaban J connectivity index is 1.52. The number of amides is 1. The summed E-state index contributed by atoms with van der Waals surface area (Å²) in [7, 11) is 0. The summed E-state index contributed by atoms with van der Waals surface area (Å²) in [6, 6.07) is 14.8. The zero-order chi connectivity index (χ0) is 18.2. The zero-order valence-corrected chi connectivity index (χ0v) is 14.0. The summed E-state index contributed by atoms with van der Waals surface area (Å²) < 4.78 is 1.79. The Bertz CT molecular complexity index is 936. The van der Waals surface area contributed by atoms with Crippen LogP contribution in [-0.2, 0) is 17.8 Å². The third-order valence-corrected chi connectivity index (χ3v) is 3.74. The van der Waals surface area contributed by atoms with Gasteiger partial charge in [-0.25, -0.2) is 0 Å². The Kier molecular flexibility index (Phi) is 5.53. The molecular formula is C20H17N5O. The number of pyridine rings is 1. The molecule has 0 saturated carbocycles. The molecule has 0 spiro atoms. The van der Waals surface area contributed by atoms with Gasteiger partial charge in [-0.1, -0.05) is 12.1 Å². The quantitative estimate of drug-likeness (QED) is 0.697. The number of nitriles is 1. The highest BCUT2D eigenvalue weighted by Crippen LogP contribution is 2.07. The number of carbonyl (C=O) groups excluding carboxylic acids is 1. The second kappa shape index (κ2) is 8.40. The number of rotatable bonds is 6. The Morgan fingerprint density at radius 3 is 2.65 bits per heavy atom. The molecule has 6 heteroatoms. The number of aryl methyl sites for hydroxylation is 2. The molecule has 1 amide bonds. The lowest BCUT2D eigenvalue weighted by Crippen LogP contribution is -2.09. The first-order valence-electron chi connectivity index (χ1n) is 8.14. The Labute approximate surface area is 151 Å². The maximum Gasteiger partial charge on any atom is 0.249 e. The lowest BCUT2D eigenvalue weighted by molar-refractivity contribution is -0.111. The van der Waals surface area contributed by atoms with E-state index in [9.17, 15) is 4.79 Å². The van der Waals surface area contributed by atoms with Crippen LogP contribution in [0.1, 0.15) is 16.7 Å². The van der Waals surface area contributed by atoms with Gasteiger partial charge in [-0.2, -0.15) is 10.4 Å². The summed E-state index contributed by atoms with van der Waals surface area (Å²) in [6.45, 7) is 0.723. The Morgan fingerprint density at radius 2 is 1.92 bits per heavy atom. The van der Waals surface area contributed by atoms with Crippen molar-refractivity contribution in [3.63, 3.8) is 0 Å². The van der Waals surface area contributed by atoms with Crippen LogP contribution in [0.2, 0.25) is 0 Å². The molecule has 0 saturated heterocycles. The molecule has 0 atom stereocenters. The molecular weight excluding hydrogens is 326 g/mol. The van der Waals surface area contributed by atoms with E-state index in [1.165, 1.54) is 11.6 Å². The van der Waals surface area contributed by atoms with Gasteiger partial charge in [0.25, 0.3) is 0 Å². The number of anilines is 1. The van der Waals surface area contributed by atoms with Gasteiger partial charge in [0.05, 0.1) is 11.6 Å². The second-order valence-corrected chi connectivity index (χ2v) is 5.63. The first-order valence-corrected chi connectivity index (χ1v) is 8.14. The van der Waals surface area contributed by atoms with E-state index in [2.05, 4.69) is 21.5 Å². The van der Waals surface area contributed by atoms with E-state index in [-0.39, 0.29) is 5.91 Å². The lowest BCUT2D eigenvalue weighted by atomic mass is 10.1. The van der Waals surface area contributed by atoms with E-state index < -0.39 is 0 Å². The van der Waals surface area contributed by atoms with Gasteiger partial charge in [0.1, 0.15) is 0 Å². The van der Waals surface area contributed by atoms with Crippen molar-refractivity contribution in [2.24, 2.45) is 0 Å². The van der Waals surface area contributed by atoms with E-state index in [1.807, 2.05) is 18.3 Å². The highest BCUT2D eigenvalue weighted by atomic mass is 16.1. The Hall–Kier alpha value is -3.72. The highest BCUT2D eigenvalue weighted by Gasteiger charge is 2.02. The van der Waals surface area contributed by atoms with E-state index in [0.717, 1.165) is 18.5 Å².